The van der Waals surface area contributed by atoms with E-state index in [2.05, 4.69) is 5.32 Å². The third kappa shape index (κ3) is 5.27. The minimum absolute atomic E-state index is 0.142. The van der Waals surface area contributed by atoms with Crippen LogP contribution < -0.4 is 11.1 Å². The molecule has 4 rings (SSSR count). The lowest BCUT2D eigenvalue weighted by molar-refractivity contribution is 0.0916. The highest BCUT2D eigenvalue weighted by molar-refractivity contribution is 6.07. The van der Waals surface area contributed by atoms with Crippen LogP contribution in [0, 0.1) is 0 Å². The lowest BCUT2D eigenvalue weighted by atomic mass is 9.94. The molecule has 1 unspecified atom stereocenters. The standard InChI is InChI=1S/C28H26N2O3/c29-27(32)26-23(15-14-21-8-4-5-9-25(21)26)16-20-10-12-22(13-11-20)28(33)30-24(18-31)17-19-6-2-1-3-7-19/h1-15,24,31H,16-18H2,(H2,29,32)(H,30,33). The second-order valence-electron chi connectivity index (χ2n) is 8.10. The van der Waals surface area contributed by atoms with E-state index in [9.17, 15) is 14.7 Å². The van der Waals surface area contributed by atoms with Crippen molar-refractivity contribution in [1.82, 2.24) is 5.32 Å². The Morgan fingerprint density at radius 1 is 0.818 bits per heavy atom. The molecule has 4 N–H and O–H groups in total. The van der Waals surface area contributed by atoms with Gasteiger partial charge in [-0.15, -0.1) is 0 Å². The van der Waals surface area contributed by atoms with Crippen LogP contribution in [0.2, 0.25) is 0 Å². The predicted octanol–water partition coefficient (Wildman–Crippen LogP) is 3.86. The van der Waals surface area contributed by atoms with Gasteiger partial charge >= 0.3 is 0 Å². The monoisotopic (exact) mass is 438 g/mol. The zero-order valence-corrected chi connectivity index (χ0v) is 18.2. The first-order valence-electron chi connectivity index (χ1n) is 10.9. The number of aliphatic hydroxyl groups excluding tert-OH is 1. The second kappa shape index (κ2) is 10.1. The van der Waals surface area contributed by atoms with Gasteiger partial charge in [-0.25, -0.2) is 0 Å². The Kier molecular flexibility index (Phi) is 6.81. The van der Waals surface area contributed by atoms with Crippen molar-refractivity contribution >= 4 is 22.6 Å². The number of hydrogen-bond acceptors (Lipinski definition) is 3. The van der Waals surface area contributed by atoms with E-state index in [0.717, 1.165) is 27.5 Å². The topological polar surface area (TPSA) is 92.4 Å². The van der Waals surface area contributed by atoms with E-state index in [1.165, 1.54) is 0 Å². The van der Waals surface area contributed by atoms with Crippen molar-refractivity contribution in [2.45, 2.75) is 18.9 Å². The van der Waals surface area contributed by atoms with Crippen molar-refractivity contribution in [1.29, 1.82) is 0 Å². The molecule has 0 bridgehead atoms. The number of primary amides is 1. The zero-order chi connectivity index (χ0) is 23.2. The summed E-state index contributed by atoms with van der Waals surface area (Å²) >= 11 is 0. The number of nitrogens with one attached hydrogen (secondary N) is 1. The fourth-order valence-electron chi connectivity index (χ4n) is 4.08. The molecule has 0 fully saturated rings. The summed E-state index contributed by atoms with van der Waals surface area (Å²) in [6.07, 6.45) is 1.08. The molecule has 0 aliphatic heterocycles. The van der Waals surface area contributed by atoms with Gasteiger partial charge < -0.3 is 16.2 Å². The van der Waals surface area contributed by atoms with Crippen molar-refractivity contribution in [3.63, 3.8) is 0 Å². The van der Waals surface area contributed by atoms with Crippen LogP contribution in [-0.2, 0) is 12.8 Å². The number of nitrogens with two attached hydrogens (primary N) is 1. The predicted molar refractivity (Wildman–Crippen MR) is 130 cm³/mol. The Labute approximate surface area is 192 Å². The van der Waals surface area contributed by atoms with Gasteiger partial charge in [-0.2, -0.15) is 0 Å². The van der Waals surface area contributed by atoms with E-state index in [1.807, 2.05) is 78.9 Å². The average Bonchev–Trinajstić information content (AvgIpc) is 2.84. The third-order valence-corrected chi connectivity index (χ3v) is 5.75. The molecule has 5 heteroatoms. The first-order valence-corrected chi connectivity index (χ1v) is 10.9. The van der Waals surface area contributed by atoms with E-state index in [-0.39, 0.29) is 18.6 Å². The average molecular weight is 439 g/mol. The van der Waals surface area contributed by atoms with Crippen molar-refractivity contribution in [2.24, 2.45) is 5.73 Å². The Bertz CT molecular complexity index is 1270. The van der Waals surface area contributed by atoms with E-state index in [0.29, 0.717) is 24.0 Å². The van der Waals surface area contributed by atoms with Crippen LogP contribution in [0.3, 0.4) is 0 Å². The molecule has 0 radical (unpaired) electrons. The molecule has 166 valence electrons. The summed E-state index contributed by atoms with van der Waals surface area (Å²) < 4.78 is 0. The van der Waals surface area contributed by atoms with Crippen molar-refractivity contribution in [3.05, 3.63) is 119 Å². The molecule has 4 aromatic rings. The second-order valence-corrected chi connectivity index (χ2v) is 8.10. The quantitative estimate of drug-likeness (QED) is 0.390. The highest BCUT2D eigenvalue weighted by Gasteiger charge is 2.15. The van der Waals surface area contributed by atoms with Gasteiger partial charge in [0.05, 0.1) is 18.2 Å². The lowest BCUT2D eigenvalue weighted by Gasteiger charge is -2.17. The first-order chi connectivity index (χ1) is 16.0. The highest BCUT2D eigenvalue weighted by atomic mass is 16.3. The Hall–Kier alpha value is -3.96. The molecule has 2 amide bonds. The molecule has 0 aliphatic rings. The fraction of sp³-hybridized carbons (Fsp3) is 0.143. The zero-order valence-electron chi connectivity index (χ0n) is 18.2. The van der Waals surface area contributed by atoms with Gasteiger partial charge in [-0.3, -0.25) is 9.59 Å². The van der Waals surface area contributed by atoms with Crippen molar-refractivity contribution < 1.29 is 14.7 Å². The van der Waals surface area contributed by atoms with Crippen LogP contribution in [-0.4, -0.2) is 29.6 Å². The Morgan fingerprint density at radius 2 is 1.52 bits per heavy atom. The minimum atomic E-state index is -0.453. The van der Waals surface area contributed by atoms with E-state index >= 15 is 0 Å². The summed E-state index contributed by atoms with van der Waals surface area (Å²) in [7, 11) is 0. The Balaban J connectivity index is 1.48. The molecule has 4 aromatic carbocycles. The van der Waals surface area contributed by atoms with Gasteiger partial charge in [0.25, 0.3) is 5.91 Å². The molecular formula is C28H26N2O3. The van der Waals surface area contributed by atoms with E-state index in [4.69, 9.17) is 5.73 Å². The molecule has 1 atom stereocenters. The van der Waals surface area contributed by atoms with Gasteiger partial charge in [-0.1, -0.05) is 78.9 Å². The molecule has 0 heterocycles. The number of carbonyl (C=O) groups is 2. The number of amides is 2. The van der Waals surface area contributed by atoms with E-state index < -0.39 is 5.91 Å². The van der Waals surface area contributed by atoms with Crippen molar-refractivity contribution in [2.75, 3.05) is 6.61 Å². The minimum Gasteiger partial charge on any atom is -0.394 e. The van der Waals surface area contributed by atoms with Gasteiger partial charge in [0, 0.05) is 5.56 Å². The smallest absolute Gasteiger partial charge is 0.251 e. The fourth-order valence-corrected chi connectivity index (χ4v) is 4.08. The molecular weight excluding hydrogens is 412 g/mol. The van der Waals surface area contributed by atoms with Crippen molar-refractivity contribution in [3.8, 4) is 0 Å². The molecule has 0 aliphatic carbocycles. The summed E-state index contributed by atoms with van der Waals surface area (Å²) in [6.45, 7) is -0.142. The summed E-state index contributed by atoms with van der Waals surface area (Å²) in [5.74, 6) is -0.689. The molecule has 5 nitrogen and oxygen atoms in total. The van der Waals surface area contributed by atoms with E-state index in [1.54, 1.807) is 12.1 Å². The van der Waals surface area contributed by atoms with Crippen LogP contribution in [0.5, 0.6) is 0 Å². The van der Waals surface area contributed by atoms with Gasteiger partial charge in [0.2, 0.25) is 5.91 Å². The van der Waals surface area contributed by atoms with Crippen LogP contribution in [0.25, 0.3) is 10.8 Å². The number of benzene rings is 4. The van der Waals surface area contributed by atoms with Crippen LogP contribution >= 0.6 is 0 Å². The molecule has 0 aromatic heterocycles. The maximum Gasteiger partial charge on any atom is 0.251 e. The highest BCUT2D eigenvalue weighted by Crippen LogP contribution is 2.24. The first kappa shape index (κ1) is 22.2. The molecule has 0 saturated heterocycles. The summed E-state index contributed by atoms with van der Waals surface area (Å²) in [5.41, 5.74) is 9.61. The molecule has 0 saturated carbocycles. The number of fused-ring (bicyclic) bond motifs is 1. The third-order valence-electron chi connectivity index (χ3n) is 5.75. The molecule has 33 heavy (non-hydrogen) atoms. The largest absolute Gasteiger partial charge is 0.394 e. The van der Waals surface area contributed by atoms with Gasteiger partial charge in [0.15, 0.2) is 0 Å². The maximum atomic E-state index is 12.7. The van der Waals surface area contributed by atoms with Crippen LogP contribution in [0.4, 0.5) is 0 Å². The maximum absolute atomic E-state index is 12.7. The Morgan fingerprint density at radius 3 is 2.21 bits per heavy atom. The number of carbonyl (C=O) groups excluding carboxylic acids is 2. The van der Waals surface area contributed by atoms with Crippen LogP contribution in [0.15, 0.2) is 91.0 Å². The van der Waals surface area contributed by atoms with Gasteiger partial charge in [0.1, 0.15) is 0 Å². The number of rotatable bonds is 8. The van der Waals surface area contributed by atoms with Gasteiger partial charge in [-0.05, 0) is 52.4 Å². The lowest BCUT2D eigenvalue weighted by Crippen LogP contribution is -2.39. The molecule has 0 spiro atoms. The number of hydrogen-bond donors (Lipinski definition) is 3. The normalized spacial score (nSPS) is 11.8. The summed E-state index contributed by atoms with van der Waals surface area (Å²) in [5, 5.41) is 14.4. The van der Waals surface area contributed by atoms with Crippen LogP contribution in [0.1, 0.15) is 37.4 Å². The summed E-state index contributed by atoms with van der Waals surface area (Å²) in [4.78, 5) is 24.9. The number of aliphatic hydroxyl groups is 1. The summed E-state index contributed by atoms with van der Waals surface area (Å²) in [6, 6.07) is 28.2. The SMILES string of the molecule is NC(=O)c1c(Cc2ccc(C(=O)NC(CO)Cc3ccccc3)cc2)ccc2ccccc12.